The summed E-state index contributed by atoms with van der Waals surface area (Å²) >= 11 is 5.97. The number of nitrogen functional groups attached to an aromatic ring is 1. The minimum atomic E-state index is -4.59. The first-order valence-electron chi connectivity index (χ1n) is 7.77. The van der Waals surface area contributed by atoms with Crippen LogP contribution in [0.15, 0.2) is 35.4 Å². The summed E-state index contributed by atoms with van der Waals surface area (Å²) in [7, 11) is 0. The molecule has 1 unspecified atom stereocenters. The van der Waals surface area contributed by atoms with E-state index in [0.717, 1.165) is 6.33 Å². The Morgan fingerprint density at radius 1 is 1.50 bits per heavy atom. The van der Waals surface area contributed by atoms with Crippen molar-refractivity contribution in [3.05, 3.63) is 56.6 Å². The number of hydrogen-bond donors (Lipinski definition) is 2. The van der Waals surface area contributed by atoms with E-state index in [0.29, 0.717) is 0 Å². The summed E-state index contributed by atoms with van der Waals surface area (Å²) in [4.78, 5) is 26.6. The van der Waals surface area contributed by atoms with Crippen molar-refractivity contribution < 1.29 is 22.9 Å². The van der Waals surface area contributed by atoms with Gasteiger partial charge in [0.05, 0.1) is 10.5 Å². The molecule has 0 saturated carbocycles. The number of nitrogens with one attached hydrogen (secondary N) is 1. The lowest BCUT2D eigenvalue weighted by Gasteiger charge is -2.17. The lowest BCUT2D eigenvalue weighted by Crippen LogP contribution is -2.34. The minimum Gasteiger partial charge on any atom is -0.382 e. The molecule has 148 valence electrons. The molecule has 1 amide bonds. The smallest absolute Gasteiger partial charge is 0.382 e. The molecule has 28 heavy (non-hydrogen) atoms. The third-order valence-electron chi connectivity index (χ3n) is 4.06. The number of anilines is 1. The highest BCUT2D eigenvalue weighted by Crippen LogP contribution is 2.38. The second-order valence-electron chi connectivity index (χ2n) is 5.90. The van der Waals surface area contributed by atoms with E-state index < -0.39 is 29.5 Å². The SMILES string of the molecule is Nc1ncnn2cc(C(=O)NCC(F)(F)F)c(C3C=C(Cl)C([N+](=O)[O-])=CC3)c12. The van der Waals surface area contributed by atoms with Gasteiger partial charge >= 0.3 is 6.18 Å². The Balaban J connectivity index is 2.08. The number of halogens is 4. The molecule has 3 rings (SSSR count). The van der Waals surface area contributed by atoms with Crippen LogP contribution in [0.1, 0.15) is 28.3 Å². The fourth-order valence-electron chi connectivity index (χ4n) is 2.92. The van der Waals surface area contributed by atoms with Gasteiger partial charge in [0.1, 0.15) is 23.4 Å². The van der Waals surface area contributed by atoms with E-state index in [1.54, 1.807) is 5.32 Å². The molecule has 0 aromatic carbocycles. The highest BCUT2D eigenvalue weighted by Gasteiger charge is 2.32. The van der Waals surface area contributed by atoms with Crippen molar-refractivity contribution >= 4 is 28.8 Å². The van der Waals surface area contributed by atoms with Crippen LogP contribution in [0, 0.1) is 10.1 Å². The number of nitrogens with zero attached hydrogens (tertiary/aromatic N) is 4. The lowest BCUT2D eigenvalue weighted by atomic mass is 9.89. The molecule has 0 radical (unpaired) electrons. The van der Waals surface area contributed by atoms with E-state index in [1.165, 1.54) is 22.9 Å². The van der Waals surface area contributed by atoms with Crippen molar-refractivity contribution in [1.82, 2.24) is 19.9 Å². The van der Waals surface area contributed by atoms with Crippen LogP contribution in [0.2, 0.25) is 0 Å². The molecule has 1 aliphatic rings. The molecule has 0 bridgehead atoms. The Morgan fingerprint density at radius 3 is 2.82 bits per heavy atom. The summed E-state index contributed by atoms with van der Waals surface area (Å²) in [6, 6.07) is 0. The van der Waals surface area contributed by atoms with E-state index in [-0.39, 0.29) is 39.6 Å². The molecular weight excluding hydrogens is 405 g/mol. The number of carbonyl (C=O) groups is 1. The maximum absolute atomic E-state index is 12.5. The number of aromatic nitrogens is 3. The summed E-state index contributed by atoms with van der Waals surface area (Å²) in [6.07, 6.45) is 0.460. The quantitative estimate of drug-likeness (QED) is 0.581. The van der Waals surface area contributed by atoms with Crippen LogP contribution >= 0.6 is 11.6 Å². The van der Waals surface area contributed by atoms with Gasteiger partial charge in [0.15, 0.2) is 5.82 Å². The van der Waals surface area contributed by atoms with Crippen molar-refractivity contribution in [3.8, 4) is 0 Å². The normalized spacial score (nSPS) is 17.2. The number of rotatable bonds is 4. The fourth-order valence-corrected chi connectivity index (χ4v) is 3.22. The number of hydrogen-bond acceptors (Lipinski definition) is 6. The van der Waals surface area contributed by atoms with Crippen molar-refractivity contribution in [2.24, 2.45) is 0 Å². The maximum Gasteiger partial charge on any atom is 0.405 e. The first-order valence-corrected chi connectivity index (χ1v) is 8.15. The molecule has 1 aliphatic carbocycles. The number of nitro groups is 1. The average Bonchev–Trinajstić information content (AvgIpc) is 2.99. The van der Waals surface area contributed by atoms with Crippen LogP contribution in [0.3, 0.4) is 0 Å². The number of alkyl halides is 3. The Labute approximate surface area is 159 Å². The third-order valence-corrected chi connectivity index (χ3v) is 4.38. The predicted octanol–water partition coefficient (Wildman–Crippen LogP) is 2.37. The van der Waals surface area contributed by atoms with Crippen LogP contribution in [0.25, 0.3) is 5.52 Å². The molecule has 0 spiro atoms. The Morgan fingerprint density at radius 2 is 2.21 bits per heavy atom. The standard InChI is InChI=1S/C15H12ClF3N6O3/c16-9-3-7(1-2-10(9)25(27)28)11-8(14(26)21-5-15(17,18)19)4-24-12(11)13(20)22-6-23-24/h2-4,6-7H,1,5H2,(H,21,26)(H2,20,22,23). The van der Waals surface area contributed by atoms with Crippen LogP contribution in [0.4, 0.5) is 19.0 Å². The number of amides is 1. The van der Waals surface area contributed by atoms with E-state index in [1.807, 2.05) is 0 Å². The zero-order valence-electron chi connectivity index (χ0n) is 13.9. The first-order chi connectivity index (χ1) is 13.1. The number of nitrogens with two attached hydrogens (primary N) is 1. The van der Waals surface area contributed by atoms with Gasteiger partial charge in [0.2, 0.25) is 0 Å². The average molecular weight is 417 g/mol. The second kappa shape index (κ2) is 7.11. The number of carbonyl (C=O) groups excluding carboxylic acids is 1. The highest BCUT2D eigenvalue weighted by molar-refractivity contribution is 6.31. The fraction of sp³-hybridized carbons (Fsp3) is 0.267. The van der Waals surface area contributed by atoms with Crippen LogP contribution in [0.5, 0.6) is 0 Å². The second-order valence-corrected chi connectivity index (χ2v) is 6.30. The van der Waals surface area contributed by atoms with Gasteiger partial charge in [-0.1, -0.05) is 17.7 Å². The Bertz CT molecular complexity index is 1030. The summed E-state index contributed by atoms with van der Waals surface area (Å²) in [5.41, 5.74) is 5.90. The lowest BCUT2D eigenvalue weighted by molar-refractivity contribution is -0.420. The highest BCUT2D eigenvalue weighted by atomic mass is 35.5. The van der Waals surface area contributed by atoms with Gasteiger partial charge in [-0.05, 0) is 12.5 Å². The maximum atomic E-state index is 12.5. The van der Waals surface area contributed by atoms with E-state index >= 15 is 0 Å². The first kappa shape index (κ1) is 19.6. The minimum absolute atomic E-state index is 0.00607. The Kier molecular flexibility index (Phi) is 4.98. The number of allylic oxidation sites excluding steroid dienone is 3. The molecule has 2 aromatic heterocycles. The van der Waals surface area contributed by atoms with Crippen molar-refractivity contribution in [2.45, 2.75) is 18.5 Å². The molecule has 13 heteroatoms. The molecule has 2 aromatic rings. The molecule has 2 heterocycles. The zero-order valence-corrected chi connectivity index (χ0v) is 14.7. The van der Waals surface area contributed by atoms with Gasteiger partial charge in [-0.15, -0.1) is 0 Å². The molecule has 1 atom stereocenters. The molecule has 0 aliphatic heterocycles. The number of fused-ring (bicyclic) bond motifs is 1. The molecule has 9 nitrogen and oxygen atoms in total. The van der Waals surface area contributed by atoms with Crippen molar-refractivity contribution in [3.63, 3.8) is 0 Å². The van der Waals surface area contributed by atoms with E-state index in [2.05, 4.69) is 10.1 Å². The van der Waals surface area contributed by atoms with Crippen LogP contribution in [-0.2, 0) is 0 Å². The summed E-state index contributed by atoms with van der Waals surface area (Å²) in [5.74, 6) is -1.65. The van der Waals surface area contributed by atoms with E-state index in [4.69, 9.17) is 17.3 Å². The van der Waals surface area contributed by atoms with Gasteiger partial charge in [-0.25, -0.2) is 9.50 Å². The van der Waals surface area contributed by atoms with Gasteiger partial charge < -0.3 is 11.1 Å². The summed E-state index contributed by atoms with van der Waals surface area (Å²) in [5, 5.41) is 16.5. The van der Waals surface area contributed by atoms with E-state index in [9.17, 15) is 28.1 Å². The molecular formula is C15H12ClF3N6O3. The molecule has 0 fully saturated rings. The molecule has 0 saturated heterocycles. The zero-order chi connectivity index (χ0) is 20.6. The summed E-state index contributed by atoms with van der Waals surface area (Å²) < 4.78 is 38.6. The van der Waals surface area contributed by atoms with Gasteiger partial charge in [-0.2, -0.15) is 18.3 Å². The van der Waals surface area contributed by atoms with Crippen LogP contribution < -0.4 is 11.1 Å². The van der Waals surface area contributed by atoms with Gasteiger partial charge in [0.25, 0.3) is 11.6 Å². The predicted molar refractivity (Wildman–Crippen MR) is 92.2 cm³/mol. The summed E-state index contributed by atoms with van der Waals surface area (Å²) in [6.45, 7) is -1.52. The Hall–Kier alpha value is -3.15. The van der Waals surface area contributed by atoms with Crippen LogP contribution in [-0.4, -0.2) is 38.1 Å². The van der Waals surface area contributed by atoms with Gasteiger partial charge in [-0.3, -0.25) is 14.9 Å². The van der Waals surface area contributed by atoms with Crippen molar-refractivity contribution in [1.29, 1.82) is 0 Å². The largest absolute Gasteiger partial charge is 0.405 e. The molecule has 3 N–H and O–H groups in total. The third kappa shape index (κ3) is 3.76. The topological polar surface area (TPSA) is 128 Å². The van der Waals surface area contributed by atoms with Crippen molar-refractivity contribution in [2.75, 3.05) is 12.3 Å². The monoisotopic (exact) mass is 416 g/mol. The van der Waals surface area contributed by atoms with Gasteiger partial charge in [0, 0.05) is 17.7 Å².